The lowest BCUT2D eigenvalue weighted by Gasteiger charge is -2.25. The van der Waals surface area contributed by atoms with E-state index in [2.05, 4.69) is 4.74 Å². The van der Waals surface area contributed by atoms with Crippen molar-refractivity contribution in [3.63, 3.8) is 0 Å². The molecule has 0 N–H and O–H groups in total. The standard InChI is InChI=1S/C17H17Cl2NO4S/c1-11(15-8-7-13(18)10-16(15)19)20(2)25(22,23)14-6-4-5-12(9-14)17(21)24-3/h4-11H,1-3H3/t11-/m0/s1. The van der Waals surface area contributed by atoms with Gasteiger partial charge in [0.1, 0.15) is 0 Å². The molecule has 0 aliphatic heterocycles. The quantitative estimate of drug-likeness (QED) is 0.705. The lowest BCUT2D eigenvalue weighted by atomic mass is 10.1. The number of benzene rings is 2. The van der Waals surface area contributed by atoms with Gasteiger partial charge in [-0.05, 0) is 42.8 Å². The van der Waals surface area contributed by atoms with E-state index >= 15 is 0 Å². The Bertz CT molecular complexity index is 899. The van der Waals surface area contributed by atoms with Gasteiger partial charge in [0.25, 0.3) is 0 Å². The van der Waals surface area contributed by atoms with Crippen LogP contribution in [0, 0.1) is 0 Å². The molecule has 0 bridgehead atoms. The molecule has 0 aromatic heterocycles. The van der Waals surface area contributed by atoms with Gasteiger partial charge in [0.2, 0.25) is 10.0 Å². The van der Waals surface area contributed by atoms with Crippen LogP contribution in [0.25, 0.3) is 0 Å². The number of carbonyl (C=O) groups excluding carboxylic acids is 1. The first-order valence-electron chi connectivity index (χ1n) is 7.30. The summed E-state index contributed by atoms with van der Waals surface area (Å²) in [7, 11) is -1.15. The van der Waals surface area contributed by atoms with E-state index in [-0.39, 0.29) is 10.5 Å². The Kier molecular flexibility index (Phi) is 6.11. The summed E-state index contributed by atoms with van der Waals surface area (Å²) in [5, 5.41) is 0.850. The molecule has 8 heteroatoms. The number of rotatable bonds is 5. The smallest absolute Gasteiger partial charge is 0.337 e. The van der Waals surface area contributed by atoms with Crippen molar-refractivity contribution in [3.8, 4) is 0 Å². The monoisotopic (exact) mass is 401 g/mol. The molecule has 0 radical (unpaired) electrons. The predicted molar refractivity (Wildman–Crippen MR) is 97.6 cm³/mol. The number of sulfonamides is 1. The van der Waals surface area contributed by atoms with Gasteiger partial charge in [0, 0.05) is 23.1 Å². The van der Waals surface area contributed by atoms with Crippen LogP contribution in [-0.4, -0.2) is 32.8 Å². The van der Waals surface area contributed by atoms with E-state index in [4.69, 9.17) is 23.2 Å². The molecule has 0 heterocycles. The average molecular weight is 402 g/mol. The van der Waals surface area contributed by atoms with E-state index in [0.29, 0.717) is 15.6 Å². The van der Waals surface area contributed by atoms with Crippen molar-refractivity contribution < 1.29 is 17.9 Å². The lowest BCUT2D eigenvalue weighted by molar-refractivity contribution is 0.0600. The Morgan fingerprint density at radius 3 is 2.44 bits per heavy atom. The first-order chi connectivity index (χ1) is 11.7. The molecule has 0 amide bonds. The van der Waals surface area contributed by atoms with Gasteiger partial charge in [-0.15, -0.1) is 0 Å². The van der Waals surface area contributed by atoms with Crippen LogP contribution in [0.2, 0.25) is 10.0 Å². The summed E-state index contributed by atoms with van der Waals surface area (Å²) < 4.78 is 31.6. The summed E-state index contributed by atoms with van der Waals surface area (Å²) in [5.74, 6) is -0.603. The van der Waals surface area contributed by atoms with Gasteiger partial charge in [0.05, 0.1) is 17.6 Å². The normalized spacial score (nSPS) is 12.9. The minimum atomic E-state index is -3.84. The van der Waals surface area contributed by atoms with E-state index < -0.39 is 22.0 Å². The predicted octanol–water partition coefficient (Wildman–Crippen LogP) is 4.16. The van der Waals surface area contributed by atoms with Crippen molar-refractivity contribution in [1.29, 1.82) is 0 Å². The Morgan fingerprint density at radius 2 is 1.84 bits per heavy atom. The van der Waals surface area contributed by atoms with Crippen LogP contribution < -0.4 is 0 Å². The van der Waals surface area contributed by atoms with Crippen LogP contribution in [0.1, 0.15) is 28.9 Å². The van der Waals surface area contributed by atoms with E-state index in [0.717, 1.165) is 0 Å². The highest BCUT2D eigenvalue weighted by Crippen LogP contribution is 2.32. The molecule has 1 atom stereocenters. The molecule has 0 unspecified atom stereocenters. The molecule has 2 aromatic carbocycles. The minimum Gasteiger partial charge on any atom is -0.465 e. The summed E-state index contributed by atoms with van der Waals surface area (Å²) in [5.41, 5.74) is 0.787. The summed E-state index contributed by atoms with van der Waals surface area (Å²) in [6, 6.07) is 10.1. The first-order valence-corrected chi connectivity index (χ1v) is 9.49. The van der Waals surface area contributed by atoms with E-state index in [1.54, 1.807) is 25.1 Å². The van der Waals surface area contributed by atoms with Gasteiger partial charge in [0.15, 0.2) is 0 Å². The maximum atomic E-state index is 12.9. The molecule has 2 rings (SSSR count). The summed E-state index contributed by atoms with van der Waals surface area (Å²) in [6.45, 7) is 1.72. The molecule has 0 saturated heterocycles. The second-order valence-electron chi connectivity index (χ2n) is 5.38. The number of esters is 1. The number of nitrogens with zero attached hydrogens (tertiary/aromatic N) is 1. The van der Waals surface area contributed by atoms with Crippen LogP contribution in [0.3, 0.4) is 0 Å². The summed E-state index contributed by atoms with van der Waals surface area (Å²) in [6.07, 6.45) is 0. The van der Waals surface area contributed by atoms with Crippen molar-refractivity contribution in [2.45, 2.75) is 17.9 Å². The van der Waals surface area contributed by atoms with Crippen molar-refractivity contribution in [2.24, 2.45) is 0 Å². The number of carbonyl (C=O) groups is 1. The fourth-order valence-corrected chi connectivity index (χ4v) is 4.27. The number of ether oxygens (including phenoxy) is 1. The fraction of sp³-hybridized carbons (Fsp3) is 0.235. The highest BCUT2D eigenvalue weighted by molar-refractivity contribution is 7.89. The van der Waals surface area contributed by atoms with Crippen LogP contribution in [0.15, 0.2) is 47.4 Å². The highest BCUT2D eigenvalue weighted by Gasteiger charge is 2.28. The van der Waals surface area contributed by atoms with Gasteiger partial charge in [-0.3, -0.25) is 0 Å². The Labute approximate surface area is 157 Å². The lowest BCUT2D eigenvalue weighted by Crippen LogP contribution is -2.30. The van der Waals surface area contributed by atoms with E-state index in [1.807, 2.05) is 0 Å². The van der Waals surface area contributed by atoms with Crippen LogP contribution in [-0.2, 0) is 14.8 Å². The highest BCUT2D eigenvalue weighted by atomic mass is 35.5. The summed E-state index contributed by atoms with van der Waals surface area (Å²) >= 11 is 12.1. The molecule has 5 nitrogen and oxygen atoms in total. The second kappa shape index (κ2) is 7.74. The second-order valence-corrected chi connectivity index (χ2v) is 8.22. The van der Waals surface area contributed by atoms with Gasteiger partial charge >= 0.3 is 5.97 Å². The maximum absolute atomic E-state index is 12.9. The van der Waals surface area contributed by atoms with Crippen molar-refractivity contribution in [3.05, 3.63) is 63.6 Å². The third-order valence-corrected chi connectivity index (χ3v) is 6.38. The van der Waals surface area contributed by atoms with Crippen molar-refractivity contribution in [2.75, 3.05) is 14.2 Å². The number of hydrogen-bond donors (Lipinski definition) is 0. The fourth-order valence-electron chi connectivity index (χ4n) is 2.31. The third-order valence-electron chi connectivity index (χ3n) is 3.89. The minimum absolute atomic E-state index is 0.00478. The zero-order chi connectivity index (χ0) is 18.8. The van der Waals surface area contributed by atoms with E-state index in [1.165, 1.54) is 42.7 Å². The van der Waals surface area contributed by atoms with Gasteiger partial charge < -0.3 is 4.74 Å². The molecule has 25 heavy (non-hydrogen) atoms. The zero-order valence-electron chi connectivity index (χ0n) is 13.9. The maximum Gasteiger partial charge on any atom is 0.337 e. The van der Waals surface area contributed by atoms with Gasteiger partial charge in [-0.1, -0.05) is 35.3 Å². The van der Waals surface area contributed by atoms with Crippen LogP contribution in [0.4, 0.5) is 0 Å². The number of halogens is 2. The topological polar surface area (TPSA) is 63.7 Å². The molecular formula is C17H17Cl2NO4S. The molecule has 0 aliphatic rings. The van der Waals surface area contributed by atoms with Crippen LogP contribution >= 0.6 is 23.2 Å². The molecule has 0 fully saturated rings. The number of methoxy groups -OCH3 is 1. The molecule has 0 aliphatic carbocycles. The van der Waals surface area contributed by atoms with Crippen molar-refractivity contribution in [1.82, 2.24) is 4.31 Å². The average Bonchev–Trinajstić information content (AvgIpc) is 2.59. The molecule has 134 valence electrons. The van der Waals surface area contributed by atoms with Crippen molar-refractivity contribution >= 4 is 39.2 Å². The Hall–Kier alpha value is -1.60. The molecular weight excluding hydrogens is 385 g/mol. The van der Waals surface area contributed by atoms with Gasteiger partial charge in [-0.2, -0.15) is 4.31 Å². The first kappa shape index (κ1) is 19.7. The largest absolute Gasteiger partial charge is 0.465 e. The van der Waals surface area contributed by atoms with E-state index in [9.17, 15) is 13.2 Å². The third kappa shape index (κ3) is 4.15. The molecule has 0 saturated carbocycles. The number of hydrogen-bond acceptors (Lipinski definition) is 4. The SMILES string of the molecule is COC(=O)c1cccc(S(=O)(=O)N(C)[C@@H](C)c2ccc(Cl)cc2Cl)c1. The molecule has 0 spiro atoms. The molecule has 2 aromatic rings. The van der Waals surface area contributed by atoms with Gasteiger partial charge in [-0.25, -0.2) is 13.2 Å². The Morgan fingerprint density at radius 1 is 1.16 bits per heavy atom. The zero-order valence-corrected chi connectivity index (χ0v) is 16.2. The summed E-state index contributed by atoms with van der Waals surface area (Å²) in [4.78, 5) is 11.6. The Balaban J connectivity index is 2.40. The van der Waals surface area contributed by atoms with Crippen LogP contribution in [0.5, 0.6) is 0 Å².